The number of carbonyl (C=O) groups is 3. The number of anilines is 2. The first kappa shape index (κ1) is 23.6. The number of hydrogen-bond donors (Lipinski definition) is 3. The van der Waals surface area contributed by atoms with Crippen LogP contribution in [0.25, 0.3) is 0 Å². The van der Waals surface area contributed by atoms with Crippen molar-refractivity contribution in [2.75, 3.05) is 31.3 Å². The molecule has 2 aromatic carbocycles. The topological polar surface area (TPSA) is 109 Å². The molecule has 34 heavy (non-hydrogen) atoms. The van der Waals surface area contributed by atoms with Gasteiger partial charge in [0.2, 0.25) is 5.91 Å². The average Bonchev–Trinajstić information content (AvgIpc) is 2.83. The Kier molecular flexibility index (Phi) is 7.02. The number of urea groups is 1. The van der Waals surface area contributed by atoms with Crippen molar-refractivity contribution >= 4 is 29.2 Å². The molecule has 2 aliphatic rings. The lowest BCUT2D eigenvalue weighted by Crippen LogP contribution is -2.53. The zero-order valence-electron chi connectivity index (χ0n) is 19.6. The van der Waals surface area contributed by atoms with Crippen molar-refractivity contribution in [2.45, 2.75) is 44.4 Å². The standard InChI is InChI=1S/C25H30N4O5/c1-15-4-6-16(7-5-15)27-25(32)28-17-8-11-21-19(12-17)24(31)29(3)20-10-9-18(13-23(30)26-2)34-22(20)14-33-21/h4-8,11-12,18,20,22H,9-10,13-14H2,1-3H3,(H,26,30)(H2,27,28,32)/t18-,20+,22+/m1/s1. The summed E-state index contributed by atoms with van der Waals surface area (Å²) in [5, 5.41) is 8.17. The van der Waals surface area contributed by atoms with Crippen LogP contribution < -0.4 is 20.7 Å². The number of fused-ring (bicyclic) bond motifs is 2. The average molecular weight is 467 g/mol. The van der Waals surface area contributed by atoms with Crippen LogP contribution in [0.1, 0.15) is 35.2 Å². The van der Waals surface area contributed by atoms with Crippen LogP contribution in [0.3, 0.4) is 0 Å². The molecule has 1 saturated heterocycles. The first-order valence-electron chi connectivity index (χ1n) is 11.4. The van der Waals surface area contributed by atoms with E-state index in [1.807, 2.05) is 31.2 Å². The number of benzene rings is 2. The summed E-state index contributed by atoms with van der Waals surface area (Å²) in [7, 11) is 3.35. The number of likely N-dealkylation sites (N-methyl/N-ethyl adjacent to an activating group) is 1. The monoisotopic (exact) mass is 466 g/mol. The summed E-state index contributed by atoms with van der Waals surface area (Å²) in [4.78, 5) is 39.2. The van der Waals surface area contributed by atoms with E-state index in [9.17, 15) is 14.4 Å². The molecule has 0 bridgehead atoms. The number of aryl methyl sites for hydroxylation is 1. The third-order valence-electron chi connectivity index (χ3n) is 6.27. The lowest BCUT2D eigenvalue weighted by molar-refractivity contribution is -0.133. The van der Waals surface area contributed by atoms with Crippen molar-refractivity contribution in [3.63, 3.8) is 0 Å². The molecule has 0 aromatic heterocycles. The van der Waals surface area contributed by atoms with Crippen LogP contribution in [0.4, 0.5) is 16.2 Å². The quantitative estimate of drug-likeness (QED) is 0.641. The highest BCUT2D eigenvalue weighted by Gasteiger charge is 2.39. The lowest BCUT2D eigenvalue weighted by atomic mass is 9.94. The fourth-order valence-electron chi connectivity index (χ4n) is 4.34. The van der Waals surface area contributed by atoms with Crippen LogP contribution in [0.5, 0.6) is 5.75 Å². The smallest absolute Gasteiger partial charge is 0.323 e. The summed E-state index contributed by atoms with van der Waals surface area (Å²) in [5.74, 6) is 0.147. The highest BCUT2D eigenvalue weighted by Crippen LogP contribution is 2.32. The number of hydrogen-bond acceptors (Lipinski definition) is 5. The molecule has 9 heteroatoms. The molecule has 0 saturated carbocycles. The van der Waals surface area contributed by atoms with Gasteiger partial charge in [-0.25, -0.2) is 4.79 Å². The van der Waals surface area contributed by atoms with Gasteiger partial charge in [0.25, 0.3) is 5.91 Å². The van der Waals surface area contributed by atoms with Crippen LogP contribution >= 0.6 is 0 Å². The lowest BCUT2D eigenvalue weighted by Gasteiger charge is -2.42. The highest BCUT2D eigenvalue weighted by molar-refractivity contribution is 6.02. The summed E-state index contributed by atoms with van der Waals surface area (Å²) in [6.45, 7) is 2.24. The molecule has 9 nitrogen and oxygen atoms in total. The Balaban J connectivity index is 1.46. The van der Waals surface area contributed by atoms with Crippen LogP contribution in [-0.2, 0) is 9.53 Å². The Bertz CT molecular complexity index is 1070. The van der Waals surface area contributed by atoms with Crippen molar-refractivity contribution in [1.82, 2.24) is 10.2 Å². The van der Waals surface area contributed by atoms with Gasteiger partial charge in [0.1, 0.15) is 18.5 Å². The third kappa shape index (κ3) is 5.31. The van der Waals surface area contributed by atoms with E-state index < -0.39 is 6.03 Å². The van der Waals surface area contributed by atoms with Crippen molar-refractivity contribution in [1.29, 1.82) is 0 Å². The van der Waals surface area contributed by atoms with E-state index >= 15 is 0 Å². The molecular formula is C25H30N4O5. The summed E-state index contributed by atoms with van der Waals surface area (Å²) in [6.07, 6.45) is 1.15. The van der Waals surface area contributed by atoms with Gasteiger partial charge >= 0.3 is 6.03 Å². The predicted molar refractivity (Wildman–Crippen MR) is 128 cm³/mol. The first-order chi connectivity index (χ1) is 16.3. The first-order valence-corrected chi connectivity index (χ1v) is 11.4. The molecule has 4 amide bonds. The SMILES string of the molecule is CNC(=O)C[C@H]1CC[C@H]2[C@H](COc3ccc(NC(=O)Nc4ccc(C)cc4)cc3C(=O)N2C)O1. The van der Waals surface area contributed by atoms with Gasteiger partial charge in [-0.1, -0.05) is 17.7 Å². The van der Waals surface area contributed by atoms with Gasteiger partial charge in [-0.05, 0) is 50.1 Å². The normalized spacial score (nSPS) is 21.8. The molecule has 180 valence electrons. The second-order valence-corrected chi connectivity index (χ2v) is 8.70. The minimum atomic E-state index is -0.403. The van der Waals surface area contributed by atoms with E-state index in [0.717, 1.165) is 5.56 Å². The second-order valence-electron chi connectivity index (χ2n) is 8.70. The number of amides is 4. The maximum Gasteiger partial charge on any atom is 0.323 e. The summed E-state index contributed by atoms with van der Waals surface area (Å²) < 4.78 is 12.1. The molecule has 2 heterocycles. The molecule has 0 aliphatic carbocycles. The van der Waals surface area contributed by atoms with Crippen molar-refractivity contribution in [3.05, 3.63) is 53.6 Å². The molecular weight excluding hydrogens is 436 g/mol. The van der Waals surface area contributed by atoms with Gasteiger partial charge in [0.05, 0.1) is 24.1 Å². The largest absolute Gasteiger partial charge is 0.490 e. The molecule has 0 spiro atoms. The maximum atomic E-state index is 13.3. The van der Waals surface area contributed by atoms with Gasteiger partial charge in [-0.15, -0.1) is 0 Å². The van der Waals surface area contributed by atoms with Crippen LogP contribution in [0.2, 0.25) is 0 Å². The van der Waals surface area contributed by atoms with Crippen molar-refractivity contribution in [2.24, 2.45) is 0 Å². The molecule has 4 rings (SSSR count). The van der Waals surface area contributed by atoms with Crippen LogP contribution in [0, 0.1) is 6.92 Å². The number of carbonyl (C=O) groups excluding carboxylic acids is 3. The maximum absolute atomic E-state index is 13.3. The van der Waals surface area contributed by atoms with E-state index in [4.69, 9.17) is 9.47 Å². The Hall–Kier alpha value is -3.59. The highest BCUT2D eigenvalue weighted by atomic mass is 16.5. The fraction of sp³-hybridized carbons (Fsp3) is 0.400. The molecule has 2 aliphatic heterocycles. The molecule has 1 fully saturated rings. The van der Waals surface area contributed by atoms with Gasteiger partial charge in [0.15, 0.2) is 0 Å². The van der Waals surface area contributed by atoms with Crippen molar-refractivity contribution < 1.29 is 23.9 Å². The fourth-order valence-corrected chi connectivity index (χ4v) is 4.34. The van der Waals surface area contributed by atoms with E-state index in [1.165, 1.54) is 0 Å². The molecule has 3 N–H and O–H groups in total. The second kappa shape index (κ2) is 10.1. The number of nitrogens with one attached hydrogen (secondary N) is 3. The third-order valence-corrected chi connectivity index (χ3v) is 6.27. The number of nitrogens with zero attached hydrogens (tertiary/aromatic N) is 1. The molecule has 0 unspecified atom stereocenters. The number of ether oxygens (including phenoxy) is 2. The minimum absolute atomic E-state index is 0.0727. The Labute approximate surface area is 198 Å². The zero-order chi connectivity index (χ0) is 24.2. The molecule has 3 atom stereocenters. The van der Waals surface area contributed by atoms with Gasteiger partial charge in [0, 0.05) is 25.5 Å². The van der Waals surface area contributed by atoms with Gasteiger partial charge in [-0.3, -0.25) is 9.59 Å². The predicted octanol–water partition coefficient (Wildman–Crippen LogP) is 3.16. The van der Waals surface area contributed by atoms with Gasteiger partial charge < -0.3 is 30.3 Å². The van der Waals surface area contributed by atoms with E-state index in [0.29, 0.717) is 35.5 Å². The molecule has 2 aromatic rings. The van der Waals surface area contributed by atoms with Gasteiger partial charge in [-0.2, -0.15) is 0 Å². The Morgan fingerprint density at radius 2 is 1.76 bits per heavy atom. The van der Waals surface area contributed by atoms with Crippen LogP contribution in [-0.4, -0.2) is 61.7 Å². The summed E-state index contributed by atoms with van der Waals surface area (Å²) in [5.41, 5.74) is 2.63. The zero-order valence-corrected chi connectivity index (χ0v) is 19.6. The molecule has 0 radical (unpaired) electrons. The number of rotatable bonds is 4. The van der Waals surface area contributed by atoms with E-state index in [2.05, 4.69) is 16.0 Å². The van der Waals surface area contributed by atoms with E-state index in [-0.39, 0.29) is 43.1 Å². The van der Waals surface area contributed by atoms with Crippen molar-refractivity contribution in [3.8, 4) is 5.75 Å². The minimum Gasteiger partial charge on any atom is -0.490 e. The summed E-state index contributed by atoms with van der Waals surface area (Å²) in [6, 6.07) is 11.9. The van der Waals surface area contributed by atoms with Crippen LogP contribution in [0.15, 0.2) is 42.5 Å². The Morgan fingerprint density at radius 1 is 1.06 bits per heavy atom. The summed E-state index contributed by atoms with van der Waals surface area (Å²) >= 11 is 0. The van der Waals surface area contributed by atoms with E-state index in [1.54, 1.807) is 37.2 Å². The Morgan fingerprint density at radius 3 is 2.50 bits per heavy atom.